The van der Waals surface area contributed by atoms with Crippen LogP contribution < -0.4 is 20.7 Å². The number of aromatic nitrogens is 1. The Kier molecular flexibility index (Phi) is 10.2. The summed E-state index contributed by atoms with van der Waals surface area (Å²) in [4.78, 5) is 44.5. The number of ether oxygens (including phenoxy) is 1. The molecule has 0 saturated carbocycles. The zero-order valence-corrected chi connectivity index (χ0v) is 26.0. The highest BCUT2D eigenvalue weighted by Gasteiger charge is 2.19. The first kappa shape index (κ1) is 31.4. The summed E-state index contributed by atoms with van der Waals surface area (Å²) in [7, 11) is 0. The molecule has 3 amide bonds. The number of anilines is 2. The van der Waals surface area contributed by atoms with Crippen molar-refractivity contribution >= 4 is 67.9 Å². The van der Waals surface area contributed by atoms with E-state index < -0.39 is 22.9 Å². The van der Waals surface area contributed by atoms with Gasteiger partial charge in [0, 0.05) is 16.1 Å². The summed E-state index contributed by atoms with van der Waals surface area (Å²) in [5.74, 6) is -0.920. The third-order valence-corrected chi connectivity index (χ3v) is 8.41. The molecule has 0 aliphatic carbocycles. The molecule has 1 heterocycles. The van der Waals surface area contributed by atoms with Crippen molar-refractivity contribution in [3.63, 3.8) is 0 Å². The minimum absolute atomic E-state index is 0.0227. The minimum atomic E-state index is -0.570. The van der Waals surface area contributed by atoms with Gasteiger partial charge in [0.15, 0.2) is 5.13 Å². The average molecular weight is 641 g/mol. The molecule has 8 nitrogen and oxygen atoms in total. The third-order valence-electron chi connectivity index (χ3n) is 6.38. The molecule has 0 radical (unpaired) electrons. The second-order valence-corrected chi connectivity index (χ2v) is 12.2. The molecule has 0 aliphatic rings. The van der Waals surface area contributed by atoms with Crippen molar-refractivity contribution in [3.05, 3.63) is 120 Å². The van der Waals surface area contributed by atoms with Crippen LogP contribution in [0.15, 0.2) is 108 Å². The standard InChI is InChI=1S/C34H29FN4O4S2/c1-3-43-26-16-17-28-30(20-26)45-34(38-28)39-31(40)21(2)44-27-11-7-10-25(19-27)36-33(42)29(18-22-12-14-24(35)15-13-22)37-32(41)23-8-5-4-6-9-23/h4-21H,3H2,1-2H3,(H,36,42)(H,37,41)(H,38,39,40)/b29-18-. The molecular formula is C34H29FN4O4S2. The Hall–Kier alpha value is -5.00. The fraction of sp³-hybridized carbons (Fsp3) is 0.118. The molecule has 1 aromatic heterocycles. The number of thiazole rings is 1. The lowest BCUT2D eigenvalue weighted by Gasteiger charge is -2.13. The molecule has 1 atom stereocenters. The maximum atomic E-state index is 13.5. The molecular weight excluding hydrogens is 612 g/mol. The summed E-state index contributed by atoms with van der Waals surface area (Å²) in [5, 5.41) is 8.39. The van der Waals surface area contributed by atoms with Crippen LogP contribution in [0, 0.1) is 5.82 Å². The Balaban J connectivity index is 1.26. The van der Waals surface area contributed by atoms with Crippen LogP contribution in [0.2, 0.25) is 0 Å². The molecule has 0 bridgehead atoms. The van der Waals surface area contributed by atoms with E-state index in [4.69, 9.17) is 4.74 Å². The van der Waals surface area contributed by atoms with Gasteiger partial charge in [-0.15, -0.1) is 11.8 Å². The zero-order chi connectivity index (χ0) is 31.8. The highest BCUT2D eigenvalue weighted by Crippen LogP contribution is 2.31. The number of thioether (sulfide) groups is 1. The van der Waals surface area contributed by atoms with Gasteiger partial charge in [-0.05, 0) is 86.2 Å². The molecule has 0 fully saturated rings. The van der Waals surface area contributed by atoms with Crippen LogP contribution in [0.5, 0.6) is 5.75 Å². The van der Waals surface area contributed by atoms with Crippen LogP contribution >= 0.6 is 23.1 Å². The van der Waals surface area contributed by atoms with Gasteiger partial charge in [0.2, 0.25) is 5.91 Å². The molecule has 5 rings (SSSR count). The van der Waals surface area contributed by atoms with Gasteiger partial charge in [-0.1, -0.05) is 47.7 Å². The summed E-state index contributed by atoms with van der Waals surface area (Å²) in [6.45, 7) is 4.27. The fourth-order valence-corrected chi connectivity index (χ4v) is 6.02. The van der Waals surface area contributed by atoms with Gasteiger partial charge in [-0.25, -0.2) is 9.37 Å². The first-order chi connectivity index (χ1) is 21.8. The van der Waals surface area contributed by atoms with E-state index in [9.17, 15) is 18.8 Å². The molecule has 5 aromatic rings. The molecule has 4 aromatic carbocycles. The molecule has 1 unspecified atom stereocenters. The summed E-state index contributed by atoms with van der Waals surface area (Å²) in [6.07, 6.45) is 1.47. The number of fused-ring (bicyclic) bond motifs is 1. The lowest BCUT2D eigenvalue weighted by Crippen LogP contribution is -2.30. The number of nitrogens with zero attached hydrogens (tertiary/aromatic N) is 1. The van der Waals surface area contributed by atoms with Crippen molar-refractivity contribution in [2.24, 2.45) is 0 Å². The van der Waals surface area contributed by atoms with Gasteiger partial charge < -0.3 is 20.7 Å². The molecule has 45 heavy (non-hydrogen) atoms. The number of benzene rings is 4. The first-order valence-corrected chi connectivity index (χ1v) is 15.7. The van der Waals surface area contributed by atoms with Crippen LogP contribution in [-0.4, -0.2) is 34.6 Å². The van der Waals surface area contributed by atoms with Crippen molar-refractivity contribution in [1.29, 1.82) is 0 Å². The Morgan fingerprint density at radius 1 is 0.956 bits per heavy atom. The van der Waals surface area contributed by atoms with Crippen molar-refractivity contribution in [2.45, 2.75) is 24.0 Å². The van der Waals surface area contributed by atoms with E-state index >= 15 is 0 Å². The number of hydrogen-bond donors (Lipinski definition) is 3. The Bertz CT molecular complexity index is 1860. The molecule has 0 spiro atoms. The second-order valence-electron chi connectivity index (χ2n) is 9.74. The second kappa shape index (κ2) is 14.7. The van der Waals surface area contributed by atoms with E-state index in [1.165, 1.54) is 53.4 Å². The van der Waals surface area contributed by atoms with Gasteiger partial charge in [0.05, 0.1) is 22.1 Å². The van der Waals surface area contributed by atoms with Gasteiger partial charge in [0.25, 0.3) is 11.8 Å². The maximum Gasteiger partial charge on any atom is 0.272 e. The summed E-state index contributed by atoms with van der Waals surface area (Å²) >= 11 is 2.69. The zero-order valence-electron chi connectivity index (χ0n) is 24.4. The molecule has 3 N–H and O–H groups in total. The monoisotopic (exact) mass is 640 g/mol. The van der Waals surface area contributed by atoms with E-state index in [2.05, 4.69) is 20.9 Å². The third kappa shape index (κ3) is 8.55. The lowest BCUT2D eigenvalue weighted by molar-refractivity contribution is -0.115. The van der Waals surface area contributed by atoms with Crippen molar-refractivity contribution < 1.29 is 23.5 Å². The Morgan fingerprint density at radius 2 is 1.73 bits per heavy atom. The largest absolute Gasteiger partial charge is 0.494 e. The predicted molar refractivity (Wildman–Crippen MR) is 178 cm³/mol. The molecule has 228 valence electrons. The minimum Gasteiger partial charge on any atom is -0.494 e. The lowest BCUT2D eigenvalue weighted by atomic mass is 10.1. The molecule has 0 aliphatic heterocycles. The van der Waals surface area contributed by atoms with Gasteiger partial charge >= 0.3 is 0 Å². The van der Waals surface area contributed by atoms with Crippen molar-refractivity contribution in [1.82, 2.24) is 10.3 Å². The highest BCUT2D eigenvalue weighted by atomic mass is 32.2. The summed E-state index contributed by atoms with van der Waals surface area (Å²) in [5.41, 5.74) is 2.12. The number of halogens is 1. The van der Waals surface area contributed by atoms with Gasteiger partial charge in [-0.3, -0.25) is 14.4 Å². The average Bonchev–Trinajstić information content (AvgIpc) is 3.44. The maximum absolute atomic E-state index is 13.5. The SMILES string of the molecule is CCOc1ccc2nc(NC(=O)C(C)Sc3cccc(NC(=O)/C(=C/c4ccc(F)cc4)NC(=O)c4ccccc4)c3)sc2c1. The van der Waals surface area contributed by atoms with Crippen molar-refractivity contribution in [3.8, 4) is 5.75 Å². The number of nitrogens with one attached hydrogen (secondary N) is 3. The Labute approximate surface area is 267 Å². The summed E-state index contributed by atoms with van der Waals surface area (Å²) in [6, 6.07) is 26.7. The van der Waals surface area contributed by atoms with Crippen LogP contribution in [0.1, 0.15) is 29.8 Å². The molecule has 11 heteroatoms. The van der Waals surface area contributed by atoms with E-state index in [1.807, 2.05) is 31.2 Å². The topological polar surface area (TPSA) is 109 Å². The number of rotatable bonds is 11. The summed E-state index contributed by atoms with van der Waals surface area (Å²) < 4.78 is 19.9. The molecule has 0 saturated heterocycles. The van der Waals surface area contributed by atoms with Crippen molar-refractivity contribution in [2.75, 3.05) is 17.2 Å². The van der Waals surface area contributed by atoms with E-state index in [0.717, 1.165) is 20.9 Å². The van der Waals surface area contributed by atoms with E-state index in [0.29, 0.717) is 28.6 Å². The quantitative estimate of drug-likeness (QED) is 0.103. The van der Waals surface area contributed by atoms with Crippen LogP contribution in [0.4, 0.5) is 15.2 Å². The van der Waals surface area contributed by atoms with E-state index in [1.54, 1.807) is 55.5 Å². The van der Waals surface area contributed by atoms with Gasteiger partial charge in [-0.2, -0.15) is 0 Å². The first-order valence-electron chi connectivity index (χ1n) is 14.0. The predicted octanol–water partition coefficient (Wildman–Crippen LogP) is 7.36. The van der Waals surface area contributed by atoms with E-state index in [-0.39, 0.29) is 11.6 Å². The number of carbonyl (C=O) groups excluding carboxylic acids is 3. The normalized spacial score (nSPS) is 11.9. The van der Waals surface area contributed by atoms with Crippen LogP contribution in [-0.2, 0) is 9.59 Å². The highest BCUT2D eigenvalue weighted by molar-refractivity contribution is 8.00. The fourth-order valence-electron chi connectivity index (χ4n) is 4.19. The smallest absolute Gasteiger partial charge is 0.272 e. The Morgan fingerprint density at radius 3 is 2.49 bits per heavy atom. The number of amides is 3. The number of hydrogen-bond acceptors (Lipinski definition) is 7. The number of carbonyl (C=O) groups is 3. The van der Waals surface area contributed by atoms with Crippen LogP contribution in [0.3, 0.4) is 0 Å². The van der Waals surface area contributed by atoms with Gasteiger partial charge in [0.1, 0.15) is 17.3 Å². The van der Waals surface area contributed by atoms with Crippen LogP contribution in [0.25, 0.3) is 16.3 Å².